The van der Waals surface area contributed by atoms with Crippen molar-refractivity contribution < 1.29 is 33.7 Å². The number of fused-ring (bicyclic) bond motifs is 1. The zero-order valence-corrected chi connectivity index (χ0v) is 8.91. The van der Waals surface area contributed by atoms with Crippen LogP contribution in [0.4, 0.5) is 0 Å². The number of ether oxygens (including phenoxy) is 3. The molecule has 0 spiro atoms. The number of carbonyl (C=O) groups is 3. The van der Waals surface area contributed by atoms with Crippen LogP contribution in [0.15, 0.2) is 12.2 Å². The average Bonchev–Trinajstić information content (AvgIpc) is 2.69. The highest BCUT2D eigenvalue weighted by atomic mass is 16.7. The number of aliphatic hydroxyl groups is 1. The number of carbonyl (C=O) groups excluding carboxylic acids is 3. The summed E-state index contributed by atoms with van der Waals surface area (Å²) in [7, 11) is 0. The zero-order valence-electron chi connectivity index (χ0n) is 8.91. The monoisotopic (exact) mass is 242 g/mol. The first-order chi connectivity index (χ1) is 7.91. The van der Waals surface area contributed by atoms with Gasteiger partial charge in [0, 0.05) is 5.57 Å². The van der Waals surface area contributed by atoms with Crippen LogP contribution in [0.2, 0.25) is 0 Å². The summed E-state index contributed by atoms with van der Waals surface area (Å²) in [6, 6.07) is 0. The van der Waals surface area contributed by atoms with E-state index in [1.165, 1.54) is 6.92 Å². The molecule has 4 unspecified atom stereocenters. The summed E-state index contributed by atoms with van der Waals surface area (Å²) >= 11 is 0. The molecular weight excluding hydrogens is 232 g/mol. The number of rotatable bonds is 2. The van der Waals surface area contributed by atoms with E-state index in [0.717, 1.165) is 0 Å². The normalized spacial score (nSPS) is 34.9. The van der Waals surface area contributed by atoms with Crippen LogP contribution in [0.3, 0.4) is 0 Å². The van der Waals surface area contributed by atoms with Gasteiger partial charge in [-0.15, -0.1) is 0 Å². The molecule has 0 aromatic carbocycles. The standard InChI is InChI=1S/C10H10O7/c1-3(2)8(12)17-7-6-5(15-10(7)14)4(11)9(13)16-6/h4-7,11H,1H2,2H3. The molecule has 1 N–H and O–H groups in total. The maximum absolute atomic E-state index is 11.4. The van der Waals surface area contributed by atoms with Gasteiger partial charge in [-0.1, -0.05) is 6.58 Å². The second-order valence-corrected chi connectivity index (χ2v) is 3.85. The maximum Gasteiger partial charge on any atom is 0.352 e. The van der Waals surface area contributed by atoms with Crippen LogP contribution in [-0.2, 0) is 28.6 Å². The molecule has 2 fully saturated rings. The fourth-order valence-corrected chi connectivity index (χ4v) is 1.62. The van der Waals surface area contributed by atoms with E-state index >= 15 is 0 Å². The average molecular weight is 242 g/mol. The molecule has 0 saturated carbocycles. The molecule has 2 aliphatic rings. The van der Waals surface area contributed by atoms with Gasteiger partial charge in [-0.25, -0.2) is 14.4 Å². The fraction of sp³-hybridized carbons (Fsp3) is 0.500. The van der Waals surface area contributed by atoms with Crippen LogP contribution in [0.5, 0.6) is 0 Å². The van der Waals surface area contributed by atoms with Gasteiger partial charge in [-0.3, -0.25) is 0 Å². The van der Waals surface area contributed by atoms with Crippen molar-refractivity contribution in [2.45, 2.75) is 31.3 Å². The van der Waals surface area contributed by atoms with Crippen LogP contribution in [0, 0.1) is 0 Å². The van der Waals surface area contributed by atoms with Gasteiger partial charge >= 0.3 is 17.9 Å². The summed E-state index contributed by atoms with van der Waals surface area (Å²) in [4.78, 5) is 33.7. The Balaban J connectivity index is 2.13. The second kappa shape index (κ2) is 3.85. The third kappa shape index (κ3) is 1.78. The first-order valence-corrected chi connectivity index (χ1v) is 4.87. The van der Waals surface area contributed by atoms with E-state index in [9.17, 15) is 19.5 Å². The lowest BCUT2D eigenvalue weighted by atomic mass is 10.1. The summed E-state index contributed by atoms with van der Waals surface area (Å²) in [5, 5.41) is 9.34. The van der Waals surface area contributed by atoms with Crippen molar-refractivity contribution in [2.75, 3.05) is 0 Å². The Morgan fingerprint density at radius 1 is 1.29 bits per heavy atom. The van der Waals surface area contributed by atoms with Gasteiger partial charge in [-0.05, 0) is 6.92 Å². The predicted octanol–water partition coefficient (Wildman–Crippen LogP) is -1.31. The molecule has 0 aromatic rings. The molecule has 7 heteroatoms. The first-order valence-electron chi connectivity index (χ1n) is 4.87. The Kier molecular flexibility index (Phi) is 2.62. The fourth-order valence-electron chi connectivity index (χ4n) is 1.62. The van der Waals surface area contributed by atoms with Gasteiger partial charge in [0.1, 0.15) is 0 Å². The van der Waals surface area contributed by atoms with E-state index in [0.29, 0.717) is 0 Å². The minimum atomic E-state index is -1.53. The smallest absolute Gasteiger partial charge is 0.352 e. The summed E-state index contributed by atoms with van der Waals surface area (Å²) in [5.74, 6) is -2.53. The van der Waals surface area contributed by atoms with Gasteiger partial charge in [0.2, 0.25) is 6.10 Å². The molecule has 0 aromatic heterocycles. The van der Waals surface area contributed by atoms with Gasteiger partial charge in [0.05, 0.1) is 0 Å². The van der Waals surface area contributed by atoms with Crippen molar-refractivity contribution in [3.63, 3.8) is 0 Å². The van der Waals surface area contributed by atoms with E-state index in [1.807, 2.05) is 0 Å². The minimum Gasteiger partial charge on any atom is -0.452 e. The van der Waals surface area contributed by atoms with Crippen molar-refractivity contribution in [2.24, 2.45) is 0 Å². The van der Waals surface area contributed by atoms with E-state index in [-0.39, 0.29) is 5.57 Å². The predicted molar refractivity (Wildman–Crippen MR) is 50.5 cm³/mol. The molecule has 0 aliphatic carbocycles. The molecule has 2 heterocycles. The number of aliphatic hydroxyl groups excluding tert-OH is 1. The first kappa shape index (κ1) is 11.6. The van der Waals surface area contributed by atoms with Crippen molar-refractivity contribution in [3.05, 3.63) is 12.2 Å². The summed E-state index contributed by atoms with van der Waals surface area (Å²) in [6.07, 6.45) is -5.07. The van der Waals surface area contributed by atoms with Crippen LogP contribution in [0.25, 0.3) is 0 Å². The highest BCUT2D eigenvalue weighted by molar-refractivity contribution is 5.91. The lowest BCUT2D eigenvalue weighted by Gasteiger charge is -2.13. The molecular formula is C10H10O7. The summed E-state index contributed by atoms with van der Waals surface area (Å²) < 4.78 is 14.2. The van der Waals surface area contributed by atoms with E-state index in [1.54, 1.807) is 0 Å². The van der Waals surface area contributed by atoms with Gasteiger partial charge in [0.15, 0.2) is 18.3 Å². The Hall–Kier alpha value is -1.89. The molecule has 0 radical (unpaired) electrons. The Morgan fingerprint density at radius 2 is 1.88 bits per heavy atom. The van der Waals surface area contributed by atoms with Gasteiger partial charge in [0.25, 0.3) is 0 Å². The van der Waals surface area contributed by atoms with Crippen molar-refractivity contribution in [3.8, 4) is 0 Å². The summed E-state index contributed by atoms with van der Waals surface area (Å²) in [6.45, 7) is 4.77. The van der Waals surface area contributed by atoms with Crippen LogP contribution < -0.4 is 0 Å². The molecule has 2 saturated heterocycles. The number of esters is 3. The topological polar surface area (TPSA) is 99.1 Å². The van der Waals surface area contributed by atoms with Gasteiger partial charge in [-0.2, -0.15) is 0 Å². The number of hydrogen-bond acceptors (Lipinski definition) is 7. The molecule has 92 valence electrons. The largest absolute Gasteiger partial charge is 0.452 e. The second-order valence-electron chi connectivity index (χ2n) is 3.85. The highest BCUT2D eigenvalue weighted by Crippen LogP contribution is 2.30. The molecule has 2 rings (SSSR count). The van der Waals surface area contributed by atoms with Crippen LogP contribution in [-0.4, -0.2) is 47.4 Å². The molecule has 2 aliphatic heterocycles. The molecule has 0 amide bonds. The van der Waals surface area contributed by atoms with Crippen molar-refractivity contribution in [1.29, 1.82) is 0 Å². The lowest BCUT2D eigenvalue weighted by molar-refractivity contribution is -0.168. The number of hydrogen-bond donors (Lipinski definition) is 1. The van der Waals surface area contributed by atoms with Crippen molar-refractivity contribution in [1.82, 2.24) is 0 Å². The molecule has 7 nitrogen and oxygen atoms in total. The highest BCUT2D eigenvalue weighted by Gasteiger charge is 2.59. The molecule has 0 bridgehead atoms. The quantitative estimate of drug-likeness (QED) is 0.364. The minimum absolute atomic E-state index is 0.103. The third-order valence-electron chi connectivity index (χ3n) is 2.49. The Morgan fingerprint density at radius 3 is 2.47 bits per heavy atom. The Labute approximate surface area is 95.9 Å². The molecule has 4 atom stereocenters. The maximum atomic E-state index is 11.4. The lowest BCUT2D eigenvalue weighted by Crippen LogP contribution is -2.35. The molecule has 17 heavy (non-hydrogen) atoms. The SMILES string of the molecule is C=C(C)C(=O)OC1C(=O)OC2C(O)C(=O)OC12. The van der Waals surface area contributed by atoms with E-state index < -0.39 is 42.3 Å². The van der Waals surface area contributed by atoms with Crippen LogP contribution in [0.1, 0.15) is 6.92 Å². The summed E-state index contributed by atoms with van der Waals surface area (Å²) in [5.41, 5.74) is 0.103. The van der Waals surface area contributed by atoms with Crippen molar-refractivity contribution >= 4 is 17.9 Å². The van der Waals surface area contributed by atoms with Gasteiger partial charge < -0.3 is 19.3 Å². The third-order valence-corrected chi connectivity index (χ3v) is 2.49. The zero-order chi connectivity index (χ0) is 12.7. The van der Waals surface area contributed by atoms with E-state index in [2.05, 4.69) is 6.58 Å². The van der Waals surface area contributed by atoms with Crippen LogP contribution >= 0.6 is 0 Å². The Bertz CT molecular complexity index is 413. The van der Waals surface area contributed by atoms with E-state index in [4.69, 9.17) is 14.2 Å².